The second-order valence-electron chi connectivity index (χ2n) is 6.82. The largest absolute Gasteiger partial charge is 0.319 e. The van der Waals surface area contributed by atoms with Gasteiger partial charge in [0, 0.05) is 27.6 Å². The summed E-state index contributed by atoms with van der Waals surface area (Å²) in [7, 11) is 0. The molecule has 0 amide bonds. The van der Waals surface area contributed by atoms with Gasteiger partial charge < -0.3 is 10.3 Å². The second-order valence-corrected chi connectivity index (χ2v) is 7.80. The maximum atomic E-state index is 12.9. The Bertz CT molecular complexity index is 691. The molecule has 1 atom stereocenters. The van der Waals surface area contributed by atoms with E-state index in [1.54, 1.807) is 11.3 Å². The summed E-state index contributed by atoms with van der Waals surface area (Å²) in [6.45, 7) is 6.46. The van der Waals surface area contributed by atoms with Gasteiger partial charge in [0.05, 0.1) is 6.04 Å². The van der Waals surface area contributed by atoms with E-state index in [9.17, 15) is 4.79 Å². The van der Waals surface area contributed by atoms with Gasteiger partial charge in [0.1, 0.15) is 0 Å². The van der Waals surface area contributed by atoms with Gasteiger partial charge in [0.25, 0.3) is 5.56 Å². The summed E-state index contributed by atoms with van der Waals surface area (Å²) in [5.74, 6) is 0. The maximum Gasteiger partial charge on any atom is 0.256 e. The van der Waals surface area contributed by atoms with Crippen LogP contribution in [0.3, 0.4) is 0 Å². The summed E-state index contributed by atoms with van der Waals surface area (Å²) in [6, 6.07) is 8.02. The third kappa shape index (κ3) is 2.70. The fourth-order valence-electron chi connectivity index (χ4n) is 2.73. The van der Waals surface area contributed by atoms with E-state index in [4.69, 9.17) is 5.73 Å². The van der Waals surface area contributed by atoms with Gasteiger partial charge in [-0.1, -0.05) is 26.8 Å². The lowest BCUT2D eigenvalue weighted by Crippen LogP contribution is -2.33. The van der Waals surface area contributed by atoms with Crippen molar-refractivity contribution in [1.29, 1.82) is 0 Å². The van der Waals surface area contributed by atoms with Crippen LogP contribution in [0.2, 0.25) is 0 Å². The Balaban J connectivity index is 2.12. The molecule has 1 aliphatic rings. The highest BCUT2D eigenvalue weighted by atomic mass is 32.1. The van der Waals surface area contributed by atoms with Crippen molar-refractivity contribution >= 4 is 11.3 Å². The van der Waals surface area contributed by atoms with Crippen molar-refractivity contribution in [2.75, 3.05) is 0 Å². The average Bonchev–Trinajstić information content (AvgIpc) is 3.10. The molecule has 0 saturated heterocycles. The first kappa shape index (κ1) is 14.5. The summed E-state index contributed by atoms with van der Waals surface area (Å²) < 4.78 is 1.99. The van der Waals surface area contributed by atoms with Gasteiger partial charge in [0.2, 0.25) is 0 Å². The highest BCUT2D eigenvalue weighted by Crippen LogP contribution is 2.37. The quantitative estimate of drug-likeness (QED) is 0.942. The van der Waals surface area contributed by atoms with Crippen molar-refractivity contribution in [2.45, 2.75) is 51.1 Å². The van der Waals surface area contributed by atoms with Crippen LogP contribution in [0.1, 0.15) is 61.8 Å². The zero-order valence-corrected chi connectivity index (χ0v) is 13.6. The average molecular weight is 302 g/mol. The van der Waals surface area contributed by atoms with Crippen LogP contribution in [0.4, 0.5) is 0 Å². The lowest BCUT2D eigenvalue weighted by atomic mass is 9.90. The molecule has 0 bridgehead atoms. The van der Waals surface area contributed by atoms with E-state index >= 15 is 0 Å². The molecule has 0 aromatic carbocycles. The minimum Gasteiger partial charge on any atom is -0.319 e. The number of rotatable bonds is 3. The Kier molecular flexibility index (Phi) is 3.54. The summed E-state index contributed by atoms with van der Waals surface area (Å²) in [6.07, 6.45) is 2.20. The van der Waals surface area contributed by atoms with E-state index < -0.39 is 0 Å². The third-order valence-corrected chi connectivity index (χ3v) is 4.97. The van der Waals surface area contributed by atoms with Gasteiger partial charge in [-0.3, -0.25) is 4.79 Å². The van der Waals surface area contributed by atoms with E-state index in [2.05, 4.69) is 26.8 Å². The molecule has 0 radical (unpaired) electrons. The Morgan fingerprint density at radius 2 is 2.00 bits per heavy atom. The SMILES string of the molecule is CC(C)(C)c1ccc(C(N)c2cccs2)c(=O)n1C1CC1. The molecule has 2 aromatic rings. The van der Waals surface area contributed by atoms with E-state index in [-0.39, 0.29) is 17.0 Å². The smallest absolute Gasteiger partial charge is 0.256 e. The summed E-state index contributed by atoms with van der Waals surface area (Å²) in [5, 5.41) is 2.00. The predicted molar refractivity (Wildman–Crippen MR) is 88.0 cm³/mol. The van der Waals surface area contributed by atoms with Crippen LogP contribution in [-0.4, -0.2) is 4.57 Å². The van der Waals surface area contributed by atoms with Crippen molar-refractivity contribution in [3.63, 3.8) is 0 Å². The Morgan fingerprint density at radius 1 is 1.29 bits per heavy atom. The first-order valence-electron chi connectivity index (χ1n) is 7.44. The van der Waals surface area contributed by atoms with Gasteiger partial charge in [-0.2, -0.15) is 0 Å². The molecule has 21 heavy (non-hydrogen) atoms. The number of hydrogen-bond donors (Lipinski definition) is 1. The zero-order chi connectivity index (χ0) is 15.2. The number of pyridine rings is 1. The van der Waals surface area contributed by atoms with Crippen LogP contribution in [-0.2, 0) is 5.41 Å². The molecule has 2 N–H and O–H groups in total. The molecule has 0 spiro atoms. The van der Waals surface area contributed by atoms with Crippen molar-refractivity contribution in [2.24, 2.45) is 5.73 Å². The molecule has 1 unspecified atom stereocenters. The molecule has 4 heteroatoms. The van der Waals surface area contributed by atoms with Crippen LogP contribution in [0.15, 0.2) is 34.4 Å². The molecule has 1 aliphatic carbocycles. The fourth-order valence-corrected chi connectivity index (χ4v) is 3.48. The van der Waals surface area contributed by atoms with Gasteiger partial charge in [-0.15, -0.1) is 11.3 Å². The van der Waals surface area contributed by atoms with Crippen molar-refractivity contribution in [1.82, 2.24) is 4.57 Å². The predicted octanol–water partition coefficient (Wildman–Crippen LogP) is 3.59. The van der Waals surface area contributed by atoms with Gasteiger partial charge >= 0.3 is 0 Å². The van der Waals surface area contributed by atoms with Crippen LogP contribution >= 0.6 is 11.3 Å². The minimum atomic E-state index is -0.323. The number of aromatic nitrogens is 1. The molecule has 2 aromatic heterocycles. The van der Waals surface area contributed by atoms with Gasteiger partial charge in [-0.05, 0) is 36.4 Å². The van der Waals surface area contributed by atoms with E-state index in [0.29, 0.717) is 11.6 Å². The first-order valence-corrected chi connectivity index (χ1v) is 8.32. The molecule has 2 heterocycles. The normalized spacial score (nSPS) is 17.0. The molecular weight excluding hydrogens is 280 g/mol. The molecular formula is C17H22N2OS. The second kappa shape index (κ2) is 5.11. The Hall–Kier alpha value is -1.39. The van der Waals surface area contributed by atoms with E-state index in [1.165, 1.54) is 0 Å². The van der Waals surface area contributed by atoms with Gasteiger partial charge in [-0.25, -0.2) is 0 Å². The summed E-state index contributed by atoms with van der Waals surface area (Å²) >= 11 is 1.60. The highest BCUT2D eigenvalue weighted by Gasteiger charge is 2.31. The third-order valence-electron chi connectivity index (χ3n) is 4.01. The zero-order valence-electron chi connectivity index (χ0n) is 12.8. The van der Waals surface area contributed by atoms with E-state index in [1.807, 2.05) is 28.1 Å². The van der Waals surface area contributed by atoms with Gasteiger partial charge in [0.15, 0.2) is 0 Å². The number of hydrogen-bond acceptors (Lipinski definition) is 3. The molecule has 112 valence electrons. The lowest BCUT2D eigenvalue weighted by Gasteiger charge is -2.25. The maximum absolute atomic E-state index is 12.9. The molecule has 1 saturated carbocycles. The minimum absolute atomic E-state index is 0.0344. The molecule has 0 aliphatic heterocycles. The monoisotopic (exact) mass is 302 g/mol. The fraction of sp³-hybridized carbons (Fsp3) is 0.471. The lowest BCUT2D eigenvalue weighted by molar-refractivity contribution is 0.502. The van der Waals surface area contributed by atoms with Crippen LogP contribution in [0.25, 0.3) is 0 Å². The molecule has 3 rings (SSSR count). The molecule has 1 fully saturated rings. The highest BCUT2D eigenvalue weighted by molar-refractivity contribution is 7.10. The van der Waals surface area contributed by atoms with Crippen LogP contribution in [0, 0.1) is 0 Å². The standard InChI is InChI=1S/C17H22N2OS/c1-17(2,3)14-9-8-12(15(18)13-5-4-10-21-13)16(20)19(14)11-6-7-11/h4-5,8-11,15H,6-7,18H2,1-3H3. The van der Waals surface area contributed by atoms with Crippen molar-refractivity contribution in [3.05, 3.63) is 56.1 Å². The van der Waals surface area contributed by atoms with Crippen LogP contribution in [0.5, 0.6) is 0 Å². The summed E-state index contributed by atoms with van der Waals surface area (Å²) in [5.41, 5.74) is 8.18. The Morgan fingerprint density at radius 3 is 2.52 bits per heavy atom. The van der Waals surface area contributed by atoms with Crippen LogP contribution < -0.4 is 11.3 Å². The first-order chi connectivity index (χ1) is 9.89. The van der Waals surface area contributed by atoms with Crippen molar-refractivity contribution < 1.29 is 0 Å². The number of nitrogens with zero attached hydrogens (tertiary/aromatic N) is 1. The number of thiophene rings is 1. The number of nitrogens with two attached hydrogens (primary N) is 1. The van der Waals surface area contributed by atoms with Crippen molar-refractivity contribution in [3.8, 4) is 0 Å². The Labute approximate surface area is 129 Å². The molecule has 3 nitrogen and oxygen atoms in total. The summed E-state index contributed by atoms with van der Waals surface area (Å²) in [4.78, 5) is 14.0. The topological polar surface area (TPSA) is 48.0 Å². The van der Waals surface area contributed by atoms with E-state index in [0.717, 1.165) is 23.4 Å².